The Kier molecular flexibility index (Phi) is 4.45. The molecule has 6 aliphatic carbocycles. The molecule has 3 nitrogen and oxygen atoms in total. The van der Waals surface area contributed by atoms with Crippen LogP contribution in [0.4, 0.5) is 0 Å². The first-order chi connectivity index (χ1) is 9.26. The molecule has 6 rings (SSSR count). The molecule has 0 aliphatic heterocycles. The average molecular weight is 266 g/mol. The van der Waals surface area contributed by atoms with E-state index in [1.54, 1.807) is 0 Å². The summed E-state index contributed by atoms with van der Waals surface area (Å²) < 4.78 is 0. The largest absolute Gasteiger partial charge is 0.327 e. The van der Waals surface area contributed by atoms with Gasteiger partial charge in [0, 0.05) is 12.1 Å². The molecule has 6 saturated carbocycles. The van der Waals surface area contributed by atoms with Crippen molar-refractivity contribution in [3.05, 3.63) is 0 Å². The first-order valence-electron chi connectivity index (χ1n) is 8.41. The third kappa shape index (κ3) is 3.14. The minimum Gasteiger partial charge on any atom is -0.327 e. The van der Waals surface area contributed by atoms with Gasteiger partial charge in [-0.15, -0.1) is 0 Å². The van der Waals surface area contributed by atoms with Crippen LogP contribution >= 0.6 is 0 Å². The number of rotatable bonds is 1. The van der Waals surface area contributed by atoms with E-state index in [-0.39, 0.29) is 0 Å². The van der Waals surface area contributed by atoms with Gasteiger partial charge in [-0.2, -0.15) is 0 Å². The van der Waals surface area contributed by atoms with Crippen LogP contribution in [0.1, 0.15) is 64.2 Å². The summed E-state index contributed by atoms with van der Waals surface area (Å²) in [5.74, 6) is 3.12. The Morgan fingerprint density at radius 1 is 0.737 bits per heavy atom. The standard InChI is InChI=1S/C16H30N2O/c17-15-9-11-1-5-13(15)6-2-12-4-8-14(7-3-11)16(10-12)18-19/h11-16,18-19H,1-10,17H2. The van der Waals surface area contributed by atoms with E-state index >= 15 is 0 Å². The Bertz CT molecular complexity index is 296. The minimum atomic E-state index is 0.352. The van der Waals surface area contributed by atoms with E-state index in [4.69, 9.17) is 5.73 Å². The summed E-state index contributed by atoms with van der Waals surface area (Å²) in [6.07, 6.45) is 13.1. The number of hydroxylamine groups is 1. The van der Waals surface area contributed by atoms with Crippen LogP contribution in [0.15, 0.2) is 0 Å². The van der Waals surface area contributed by atoms with Crippen LogP contribution in [0.5, 0.6) is 0 Å². The van der Waals surface area contributed by atoms with Gasteiger partial charge < -0.3 is 10.9 Å². The zero-order chi connectivity index (χ0) is 13.2. The van der Waals surface area contributed by atoms with E-state index in [9.17, 15) is 5.21 Å². The third-order valence-corrected chi connectivity index (χ3v) is 6.32. The van der Waals surface area contributed by atoms with Gasteiger partial charge in [-0.1, -0.05) is 25.7 Å². The molecule has 4 N–H and O–H groups in total. The summed E-state index contributed by atoms with van der Waals surface area (Å²) in [5.41, 5.74) is 9.01. The van der Waals surface area contributed by atoms with Gasteiger partial charge in [-0.3, -0.25) is 0 Å². The summed E-state index contributed by atoms with van der Waals surface area (Å²) in [5, 5.41) is 9.42. The summed E-state index contributed by atoms with van der Waals surface area (Å²) in [6.45, 7) is 0. The molecule has 6 aliphatic rings. The minimum absolute atomic E-state index is 0.352. The highest BCUT2D eigenvalue weighted by Crippen LogP contribution is 2.41. The maximum Gasteiger partial charge on any atom is 0.0350 e. The van der Waals surface area contributed by atoms with Gasteiger partial charge in [-0.25, -0.2) is 5.48 Å². The lowest BCUT2D eigenvalue weighted by molar-refractivity contribution is 0.0456. The zero-order valence-corrected chi connectivity index (χ0v) is 12.1. The van der Waals surface area contributed by atoms with Gasteiger partial charge in [0.1, 0.15) is 0 Å². The van der Waals surface area contributed by atoms with Crippen molar-refractivity contribution >= 4 is 0 Å². The maximum absolute atomic E-state index is 9.42. The fraction of sp³-hybridized carbons (Fsp3) is 1.00. The summed E-state index contributed by atoms with van der Waals surface area (Å²) >= 11 is 0. The lowest BCUT2D eigenvalue weighted by atomic mass is 9.68. The van der Waals surface area contributed by atoms with Gasteiger partial charge in [0.2, 0.25) is 0 Å². The van der Waals surface area contributed by atoms with Crippen molar-refractivity contribution in [2.75, 3.05) is 0 Å². The van der Waals surface area contributed by atoms with Crippen molar-refractivity contribution in [3.8, 4) is 0 Å². The van der Waals surface area contributed by atoms with Crippen molar-refractivity contribution in [3.63, 3.8) is 0 Å². The predicted molar refractivity (Wildman–Crippen MR) is 76.8 cm³/mol. The Labute approximate surface area is 117 Å². The van der Waals surface area contributed by atoms with Crippen molar-refractivity contribution in [2.45, 2.75) is 76.3 Å². The van der Waals surface area contributed by atoms with E-state index in [0.29, 0.717) is 18.0 Å². The molecule has 19 heavy (non-hydrogen) atoms. The van der Waals surface area contributed by atoms with Crippen molar-refractivity contribution < 1.29 is 5.21 Å². The van der Waals surface area contributed by atoms with Gasteiger partial charge in [0.25, 0.3) is 0 Å². The van der Waals surface area contributed by atoms with Crippen LogP contribution in [-0.2, 0) is 0 Å². The molecule has 6 unspecified atom stereocenters. The van der Waals surface area contributed by atoms with Crippen molar-refractivity contribution in [1.82, 2.24) is 5.48 Å². The van der Waals surface area contributed by atoms with E-state index in [1.807, 2.05) is 0 Å². The maximum atomic E-state index is 9.42. The van der Waals surface area contributed by atoms with E-state index in [0.717, 1.165) is 17.8 Å². The highest BCUT2D eigenvalue weighted by Gasteiger charge is 2.34. The monoisotopic (exact) mass is 266 g/mol. The molecular formula is C16H30N2O. The summed E-state index contributed by atoms with van der Waals surface area (Å²) in [7, 11) is 0. The van der Waals surface area contributed by atoms with Gasteiger partial charge in [0.05, 0.1) is 0 Å². The van der Waals surface area contributed by atoms with Gasteiger partial charge in [-0.05, 0) is 62.2 Å². The van der Waals surface area contributed by atoms with Crippen molar-refractivity contribution in [1.29, 1.82) is 0 Å². The molecule has 0 heterocycles. The Morgan fingerprint density at radius 2 is 1.26 bits per heavy atom. The Hall–Kier alpha value is -0.120. The van der Waals surface area contributed by atoms with Crippen molar-refractivity contribution in [2.24, 2.45) is 29.4 Å². The lowest BCUT2D eigenvalue weighted by Crippen LogP contribution is -2.42. The fourth-order valence-corrected chi connectivity index (χ4v) is 4.97. The normalized spacial score (nSPS) is 47.7. The van der Waals surface area contributed by atoms with E-state index in [1.165, 1.54) is 64.2 Å². The smallest absolute Gasteiger partial charge is 0.0350 e. The highest BCUT2D eigenvalue weighted by atomic mass is 16.5. The first kappa shape index (κ1) is 13.8. The van der Waals surface area contributed by atoms with Crippen LogP contribution in [-0.4, -0.2) is 17.3 Å². The molecule has 0 saturated heterocycles. The third-order valence-electron chi connectivity index (χ3n) is 6.32. The highest BCUT2D eigenvalue weighted by molar-refractivity contribution is 4.89. The predicted octanol–water partition coefficient (Wildman–Crippen LogP) is 3.07. The summed E-state index contributed by atoms with van der Waals surface area (Å²) in [4.78, 5) is 0. The zero-order valence-electron chi connectivity index (χ0n) is 12.1. The Morgan fingerprint density at radius 3 is 1.84 bits per heavy atom. The quantitative estimate of drug-likeness (QED) is 0.639. The molecule has 6 atom stereocenters. The molecule has 3 heteroatoms. The second kappa shape index (κ2) is 6.11. The van der Waals surface area contributed by atoms with Crippen LogP contribution in [0.25, 0.3) is 0 Å². The first-order valence-corrected chi connectivity index (χ1v) is 8.41. The van der Waals surface area contributed by atoms with Crippen LogP contribution in [0.3, 0.4) is 0 Å². The van der Waals surface area contributed by atoms with E-state index in [2.05, 4.69) is 5.48 Å². The lowest BCUT2D eigenvalue weighted by Gasteiger charge is -2.40. The second-order valence-electron chi connectivity index (χ2n) is 7.43. The topological polar surface area (TPSA) is 58.3 Å². The van der Waals surface area contributed by atoms with E-state index < -0.39 is 0 Å². The number of hydrogen-bond acceptors (Lipinski definition) is 3. The Balaban J connectivity index is 1.70. The molecule has 4 bridgehead atoms. The van der Waals surface area contributed by atoms with Gasteiger partial charge >= 0.3 is 0 Å². The number of nitrogens with two attached hydrogens (primary N) is 1. The molecule has 0 aromatic carbocycles. The molecule has 0 spiro atoms. The molecule has 6 fully saturated rings. The summed E-state index contributed by atoms with van der Waals surface area (Å²) in [6, 6.07) is 0.814. The molecule has 0 radical (unpaired) electrons. The van der Waals surface area contributed by atoms with Gasteiger partial charge in [0.15, 0.2) is 0 Å². The molecular weight excluding hydrogens is 236 g/mol. The van der Waals surface area contributed by atoms with Crippen LogP contribution < -0.4 is 11.2 Å². The SMILES string of the molecule is NC1CC2CCC1CCC1CCC(CC2)C(NO)C1. The average Bonchev–Trinajstić information content (AvgIpc) is 2.42. The van der Waals surface area contributed by atoms with Crippen LogP contribution in [0.2, 0.25) is 0 Å². The molecule has 0 aromatic rings. The fourth-order valence-electron chi connectivity index (χ4n) is 4.97. The second-order valence-corrected chi connectivity index (χ2v) is 7.43. The number of nitrogens with one attached hydrogen (secondary N) is 1. The van der Waals surface area contributed by atoms with Crippen LogP contribution in [0, 0.1) is 23.7 Å². The molecule has 110 valence electrons. The molecule has 0 aromatic heterocycles. The number of hydrogen-bond donors (Lipinski definition) is 3. The molecule has 0 amide bonds.